The van der Waals surface area contributed by atoms with E-state index < -0.39 is 0 Å². The first-order valence-corrected chi connectivity index (χ1v) is 6.93. The Hall–Kier alpha value is -1.58. The third kappa shape index (κ3) is 4.51. The quantitative estimate of drug-likeness (QED) is 0.905. The van der Waals surface area contributed by atoms with Gasteiger partial charge in [0.15, 0.2) is 0 Å². The van der Waals surface area contributed by atoms with Gasteiger partial charge in [0.25, 0.3) is 0 Å². The highest BCUT2D eigenvalue weighted by molar-refractivity contribution is 6.30. The Kier molecular flexibility index (Phi) is 4.63. The average Bonchev–Trinajstić information content (AvgIpc) is 2.37. The van der Waals surface area contributed by atoms with Crippen LogP contribution in [0.2, 0.25) is 5.02 Å². The topological polar surface area (TPSA) is 34.2 Å². The van der Waals surface area contributed by atoms with E-state index in [1.165, 1.54) is 0 Å². The van der Waals surface area contributed by atoms with Crippen LogP contribution in [0.25, 0.3) is 0 Å². The third-order valence-electron chi connectivity index (χ3n) is 2.69. The highest BCUT2D eigenvalue weighted by atomic mass is 35.5. The molecule has 4 heteroatoms. The highest BCUT2D eigenvalue weighted by Crippen LogP contribution is 2.26. The summed E-state index contributed by atoms with van der Waals surface area (Å²) in [5.41, 5.74) is 1.06. The number of nitrogens with one attached hydrogen (secondary N) is 1. The van der Waals surface area contributed by atoms with Gasteiger partial charge in [0.05, 0.1) is 0 Å². The smallest absolute Gasteiger partial charge is 0.134 e. The Labute approximate surface area is 124 Å². The molecule has 20 heavy (non-hydrogen) atoms. The van der Waals surface area contributed by atoms with Crippen LogP contribution >= 0.6 is 11.6 Å². The molecule has 0 unspecified atom stereocenters. The fraction of sp³-hybridized carbons (Fsp3) is 0.312. The van der Waals surface area contributed by atoms with Gasteiger partial charge < -0.3 is 10.1 Å². The molecular weight excluding hydrogens is 272 g/mol. The van der Waals surface area contributed by atoms with Crippen LogP contribution in [0.3, 0.4) is 0 Å². The molecule has 0 fully saturated rings. The van der Waals surface area contributed by atoms with Crippen LogP contribution in [-0.4, -0.2) is 10.5 Å². The summed E-state index contributed by atoms with van der Waals surface area (Å²) >= 11 is 5.97. The highest BCUT2D eigenvalue weighted by Gasteiger charge is 2.11. The van der Waals surface area contributed by atoms with Crippen molar-refractivity contribution in [1.82, 2.24) is 10.3 Å². The molecule has 0 aliphatic heterocycles. The van der Waals surface area contributed by atoms with Gasteiger partial charge in [0.1, 0.15) is 11.5 Å². The maximum atomic E-state index is 5.97. The normalized spacial score (nSPS) is 11.4. The number of hydrogen-bond acceptors (Lipinski definition) is 3. The van der Waals surface area contributed by atoms with Crippen LogP contribution in [0.1, 0.15) is 26.3 Å². The number of ether oxygens (including phenoxy) is 1. The molecule has 1 N–H and O–H groups in total. The predicted molar refractivity (Wildman–Crippen MR) is 82.4 cm³/mol. The van der Waals surface area contributed by atoms with Crippen molar-refractivity contribution in [3.05, 3.63) is 53.3 Å². The SMILES string of the molecule is CC(C)(C)NCc1cnccc1Oc1cccc(Cl)c1. The van der Waals surface area contributed by atoms with Crippen molar-refractivity contribution >= 4 is 11.6 Å². The molecular formula is C16H19ClN2O. The lowest BCUT2D eigenvalue weighted by molar-refractivity contribution is 0.413. The van der Waals surface area contributed by atoms with Crippen molar-refractivity contribution < 1.29 is 4.74 Å². The summed E-state index contributed by atoms with van der Waals surface area (Å²) < 4.78 is 5.89. The minimum Gasteiger partial charge on any atom is -0.457 e. The molecule has 0 saturated carbocycles. The van der Waals surface area contributed by atoms with Gasteiger partial charge in [-0.25, -0.2) is 0 Å². The monoisotopic (exact) mass is 290 g/mol. The van der Waals surface area contributed by atoms with Gasteiger partial charge in [-0.15, -0.1) is 0 Å². The summed E-state index contributed by atoms with van der Waals surface area (Å²) in [7, 11) is 0. The number of nitrogens with zero attached hydrogens (tertiary/aromatic N) is 1. The minimum atomic E-state index is 0.0448. The molecule has 0 spiro atoms. The molecule has 106 valence electrons. The van der Waals surface area contributed by atoms with Crippen molar-refractivity contribution in [2.45, 2.75) is 32.9 Å². The second kappa shape index (κ2) is 6.25. The van der Waals surface area contributed by atoms with E-state index in [1.54, 1.807) is 12.3 Å². The van der Waals surface area contributed by atoms with E-state index in [2.05, 4.69) is 31.1 Å². The molecule has 0 saturated heterocycles. The average molecular weight is 291 g/mol. The Balaban J connectivity index is 2.15. The van der Waals surface area contributed by atoms with E-state index in [0.29, 0.717) is 11.6 Å². The zero-order chi connectivity index (χ0) is 14.6. The predicted octanol–water partition coefficient (Wildman–Crippen LogP) is 4.42. The second-order valence-electron chi connectivity index (χ2n) is 5.65. The van der Waals surface area contributed by atoms with Gasteiger partial charge in [-0.1, -0.05) is 17.7 Å². The summed E-state index contributed by atoms with van der Waals surface area (Å²) in [6.07, 6.45) is 3.54. The molecule has 0 aliphatic carbocycles. The number of hydrogen-bond donors (Lipinski definition) is 1. The first kappa shape index (κ1) is 14.8. The van der Waals surface area contributed by atoms with Crippen LogP contribution in [0.15, 0.2) is 42.7 Å². The summed E-state index contributed by atoms with van der Waals surface area (Å²) in [4.78, 5) is 4.16. The Morgan fingerprint density at radius 1 is 1.25 bits per heavy atom. The van der Waals surface area contributed by atoms with Crippen molar-refractivity contribution in [2.24, 2.45) is 0 Å². The number of pyridine rings is 1. The lowest BCUT2D eigenvalue weighted by atomic mass is 10.1. The maximum absolute atomic E-state index is 5.97. The van der Waals surface area contributed by atoms with E-state index in [0.717, 1.165) is 17.1 Å². The number of aromatic nitrogens is 1. The fourth-order valence-electron chi connectivity index (χ4n) is 1.66. The van der Waals surface area contributed by atoms with Crippen LogP contribution < -0.4 is 10.1 Å². The molecule has 0 atom stereocenters. The van der Waals surface area contributed by atoms with E-state index in [-0.39, 0.29) is 5.54 Å². The summed E-state index contributed by atoms with van der Waals surface area (Å²) in [5.74, 6) is 1.51. The van der Waals surface area contributed by atoms with Crippen LogP contribution in [0.4, 0.5) is 0 Å². The second-order valence-corrected chi connectivity index (χ2v) is 6.08. The van der Waals surface area contributed by atoms with Gasteiger partial charge >= 0.3 is 0 Å². The summed E-state index contributed by atoms with van der Waals surface area (Å²) in [5, 5.41) is 4.09. The molecule has 0 aliphatic rings. The van der Waals surface area contributed by atoms with Gasteiger partial charge in [-0.3, -0.25) is 4.98 Å². The van der Waals surface area contributed by atoms with Crippen molar-refractivity contribution in [3.63, 3.8) is 0 Å². The maximum Gasteiger partial charge on any atom is 0.134 e. The van der Waals surface area contributed by atoms with Gasteiger partial charge in [0.2, 0.25) is 0 Å². The van der Waals surface area contributed by atoms with Gasteiger partial charge in [0, 0.05) is 35.1 Å². The molecule has 2 rings (SSSR count). The molecule has 0 radical (unpaired) electrons. The fourth-order valence-corrected chi connectivity index (χ4v) is 1.84. The Bertz CT molecular complexity index is 579. The number of benzene rings is 1. The molecule has 3 nitrogen and oxygen atoms in total. The van der Waals surface area contributed by atoms with Gasteiger partial charge in [-0.05, 0) is 45.0 Å². The Morgan fingerprint density at radius 2 is 2.05 bits per heavy atom. The number of rotatable bonds is 4. The van der Waals surface area contributed by atoms with E-state index >= 15 is 0 Å². The first-order valence-electron chi connectivity index (χ1n) is 6.55. The molecule has 2 aromatic rings. The molecule has 1 aromatic heterocycles. The van der Waals surface area contributed by atoms with Crippen LogP contribution in [0, 0.1) is 0 Å². The number of halogens is 1. The zero-order valence-electron chi connectivity index (χ0n) is 12.0. The van der Waals surface area contributed by atoms with Crippen molar-refractivity contribution in [3.8, 4) is 11.5 Å². The van der Waals surface area contributed by atoms with E-state index in [1.807, 2.05) is 30.5 Å². The molecule has 0 amide bonds. The van der Waals surface area contributed by atoms with E-state index in [9.17, 15) is 0 Å². The summed E-state index contributed by atoms with van der Waals surface area (Å²) in [6, 6.07) is 9.23. The lowest BCUT2D eigenvalue weighted by Gasteiger charge is -2.21. The van der Waals surface area contributed by atoms with Crippen LogP contribution in [0.5, 0.6) is 11.5 Å². The largest absolute Gasteiger partial charge is 0.457 e. The Morgan fingerprint density at radius 3 is 2.75 bits per heavy atom. The minimum absolute atomic E-state index is 0.0448. The molecule has 1 heterocycles. The molecule has 1 aromatic carbocycles. The summed E-state index contributed by atoms with van der Waals surface area (Å²) in [6.45, 7) is 7.08. The molecule has 0 bridgehead atoms. The van der Waals surface area contributed by atoms with Gasteiger partial charge in [-0.2, -0.15) is 0 Å². The standard InChI is InChI=1S/C16H19ClN2O/c1-16(2,3)19-11-12-10-18-8-7-15(12)20-14-6-4-5-13(17)9-14/h4-10,19H,11H2,1-3H3. The first-order chi connectivity index (χ1) is 9.44. The van der Waals surface area contributed by atoms with Crippen LogP contribution in [-0.2, 0) is 6.54 Å². The van der Waals surface area contributed by atoms with Crippen molar-refractivity contribution in [2.75, 3.05) is 0 Å². The van der Waals surface area contributed by atoms with Crippen molar-refractivity contribution in [1.29, 1.82) is 0 Å². The lowest BCUT2D eigenvalue weighted by Crippen LogP contribution is -2.35. The zero-order valence-corrected chi connectivity index (χ0v) is 12.7. The third-order valence-corrected chi connectivity index (χ3v) is 2.93. The van der Waals surface area contributed by atoms with E-state index in [4.69, 9.17) is 16.3 Å².